The molecule has 0 aliphatic heterocycles. The summed E-state index contributed by atoms with van der Waals surface area (Å²) in [5.41, 5.74) is 5.50. The number of rotatable bonds is 2. The van der Waals surface area contributed by atoms with E-state index in [0.717, 1.165) is 12.8 Å². The highest BCUT2D eigenvalue weighted by molar-refractivity contribution is 5.64. The molecule has 10 heavy (non-hydrogen) atoms. The van der Waals surface area contributed by atoms with Crippen LogP contribution in [0.2, 0.25) is 0 Å². The van der Waals surface area contributed by atoms with E-state index in [0.29, 0.717) is 18.5 Å². The SMILES string of the molecule is N[C@H]1C[C@@H](CNC(=O)O)C1. The fourth-order valence-corrected chi connectivity index (χ4v) is 1.19. The summed E-state index contributed by atoms with van der Waals surface area (Å²) in [4.78, 5) is 9.98. The molecule has 4 nitrogen and oxygen atoms in total. The molecular formula is C6H12N2O2. The second-order valence-electron chi connectivity index (χ2n) is 2.78. The number of carboxylic acid groups (broad SMARTS) is 1. The lowest BCUT2D eigenvalue weighted by Gasteiger charge is -2.31. The van der Waals surface area contributed by atoms with Crippen molar-refractivity contribution in [3.8, 4) is 0 Å². The molecule has 0 radical (unpaired) electrons. The molecule has 1 fully saturated rings. The van der Waals surface area contributed by atoms with Crippen molar-refractivity contribution in [3.05, 3.63) is 0 Å². The quantitative estimate of drug-likeness (QED) is 0.510. The van der Waals surface area contributed by atoms with Gasteiger partial charge in [-0.2, -0.15) is 0 Å². The van der Waals surface area contributed by atoms with Crippen molar-refractivity contribution < 1.29 is 9.90 Å². The van der Waals surface area contributed by atoms with E-state index in [2.05, 4.69) is 5.32 Å². The summed E-state index contributed by atoms with van der Waals surface area (Å²) in [6.45, 7) is 0.559. The predicted molar refractivity (Wildman–Crippen MR) is 36.7 cm³/mol. The zero-order valence-electron chi connectivity index (χ0n) is 5.71. The van der Waals surface area contributed by atoms with Crippen LogP contribution in [0.15, 0.2) is 0 Å². The summed E-state index contributed by atoms with van der Waals surface area (Å²) in [7, 11) is 0. The Morgan fingerprint density at radius 2 is 2.30 bits per heavy atom. The molecule has 1 saturated carbocycles. The highest BCUT2D eigenvalue weighted by Crippen LogP contribution is 2.24. The summed E-state index contributed by atoms with van der Waals surface area (Å²) < 4.78 is 0. The number of carbonyl (C=O) groups is 1. The number of nitrogens with one attached hydrogen (secondary N) is 1. The molecule has 1 amide bonds. The Balaban J connectivity index is 2.00. The van der Waals surface area contributed by atoms with E-state index in [1.807, 2.05) is 0 Å². The third-order valence-electron chi connectivity index (χ3n) is 1.81. The van der Waals surface area contributed by atoms with Gasteiger partial charge in [0.05, 0.1) is 0 Å². The lowest BCUT2D eigenvalue weighted by atomic mass is 9.81. The summed E-state index contributed by atoms with van der Waals surface area (Å²) in [5, 5.41) is 10.5. The van der Waals surface area contributed by atoms with Gasteiger partial charge in [-0.3, -0.25) is 0 Å². The van der Waals surface area contributed by atoms with Gasteiger partial charge in [-0.1, -0.05) is 0 Å². The van der Waals surface area contributed by atoms with E-state index in [1.165, 1.54) is 0 Å². The molecule has 1 aliphatic carbocycles. The third kappa shape index (κ3) is 1.88. The fourth-order valence-electron chi connectivity index (χ4n) is 1.19. The highest BCUT2D eigenvalue weighted by atomic mass is 16.4. The monoisotopic (exact) mass is 144 g/mol. The van der Waals surface area contributed by atoms with Crippen molar-refractivity contribution in [1.29, 1.82) is 0 Å². The molecule has 0 bridgehead atoms. The zero-order chi connectivity index (χ0) is 7.56. The second-order valence-corrected chi connectivity index (χ2v) is 2.78. The van der Waals surface area contributed by atoms with E-state index in [4.69, 9.17) is 10.8 Å². The van der Waals surface area contributed by atoms with E-state index >= 15 is 0 Å². The Labute approximate surface area is 59.4 Å². The van der Waals surface area contributed by atoms with Crippen molar-refractivity contribution in [2.45, 2.75) is 18.9 Å². The van der Waals surface area contributed by atoms with Crippen molar-refractivity contribution in [2.75, 3.05) is 6.54 Å². The van der Waals surface area contributed by atoms with Crippen LogP contribution in [0.1, 0.15) is 12.8 Å². The maximum absolute atomic E-state index is 9.98. The molecule has 4 heteroatoms. The van der Waals surface area contributed by atoms with Crippen LogP contribution in [0.3, 0.4) is 0 Å². The average Bonchev–Trinajstić information content (AvgIpc) is 1.77. The van der Waals surface area contributed by atoms with Gasteiger partial charge >= 0.3 is 6.09 Å². The third-order valence-corrected chi connectivity index (χ3v) is 1.81. The van der Waals surface area contributed by atoms with Crippen LogP contribution in [0.5, 0.6) is 0 Å². The second kappa shape index (κ2) is 2.88. The Morgan fingerprint density at radius 3 is 2.70 bits per heavy atom. The highest BCUT2D eigenvalue weighted by Gasteiger charge is 2.25. The molecule has 0 aromatic rings. The van der Waals surface area contributed by atoms with E-state index in [1.54, 1.807) is 0 Å². The Bertz CT molecular complexity index is 132. The minimum absolute atomic E-state index is 0.306. The predicted octanol–water partition coefficient (Wildman–Crippen LogP) is -0.00870. The van der Waals surface area contributed by atoms with Gasteiger partial charge < -0.3 is 16.2 Å². The van der Waals surface area contributed by atoms with Gasteiger partial charge in [0.15, 0.2) is 0 Å². The minimum atomic E-state index is -0.944. The van der Waals surface area contributed by atoms with Crippen LogP contribution in [0.25, 0.3) is 0 Å². The topological polar surface area (TPSA) is 75.3 Å². The van der Waals surface area contributed by atoms with Gasteiger partial charge in [-0.05, 0) is 18.8 Å². The van der Waals surface area contributed by atoms with Crippen molar-refractivity contribution in [3.63, 3.8) is 0 Å². The number of nitrogens with two attached hydrogens (primary N) is 1. The maximum atomic E-state index is 9.98. The number of amides is 1. The van der Waals surface area contributed by atoms with E-state index in [9.17, 15) is 4.79 Å². The molecule has 0 unspecified atom stereocenters. The molecule has 0 atom stereocenters. The largest absolute Gasteiger partial charge is 0.465 e. The normalized spacial score (nSPS) is 30.9. The van der Waals surface area contributed by atoms with Crippen LogP contribution < -0.4 is 11.1 Å². The van der Waals surface area contributed by atoms with E-state index in [-0.39, 0.29) is 0 Å². The van der Waals surface area contributed by atoms with Gasteiger partial charge in [-0.15, -0.1) is 0 Å². The van der Waals surface area contributed by atoms with Crippen molar-refractivity contribution in [2.24, 2.45) is 11.7 Å². The molecule has 1 rings (SSSR count). The van der Waals surface area contributed by atoms with Crippen LogP contribution in [-0.2, 0) is 0 Å². The lowest BCUT2D eigenvalue weighted by Crippen LogP contribution is -2.42. The summed E-state index contributed by atoms with van der Waals surface area (Å²) in [5.74, 6) is 0.478. The molecule has 0 heterocycles. The molecular weight excluding hydrogens is 132 g/mol. The fraction of sp³-hybridized carbons (Fsp3) is 0.833. The van der Waals surface area contributed by atoms with Gasteiger partial charge in [0.25, 0.3) is 0 Å². The Kier molecular flexibility index (Phi) is 2.11. The van der Waals surface area contributed by atoms with Crippen LogP contribution in [-0.4, -0.2) is 23.8 Å². The van der Waals surface area contributed by atoms with Crippen LogP contribution in [0.4, 0.5) is 4.79 Å². The van der Waals surface area contributed by atoms with Crippen LogP contribution in [0, 0.1) is 5.92 Å². The smallest absolute Gasteiger partial charge is 0.404 e. The number of hydrogen-bond donors (Lipinski definition) is 3. The zero-order valence-corrected chi connectivity index (χ0v) is 5.71. The van der Waals surface area contributed by atoms with Gasteiger partial charge in [0, 0.05) is 12.6 Å². The standard InChI is InChI=1S/C6H12N2O2/c7-5-1-4(2-5)3-8-6(9)10/h4-5,8H,1-3,7H2,(H,9,10)/t4-,5+. The Hall–Kier alpha value is -0.770. The average molecular weight is 144 g/mol. The molecule has 1 aliphatic rings. The first-order valence-corrected chi connectivity index (χ1v) is 3.41. The molecule has 4 N–H and O–H groups in total. The lowest BCUT2D eigenvalue weighted by molar-refractivity contribution is 0.184. The van der Waals surface area contributed by atoms with Crippen molar-refractivity contribution in [1.82, 2.24) is 5.32 Å². The molecule has 58 valence electrons. The number of hydrogen-bond acceptors (Lipinski definition) is 2. The molecule has 0 spiro atoms. The first-order valence-electron chi connectivity index (χ1n) is 3.41. The summed E-state index contributed by atoms with van der Waals surface area (Å²) in [6, 6.07) is 0.306. The molecule has 0 saturated heterocycles. The maximum Gasteiger partial charge on any atom is 0.404 e. The first-order chi connectivity index (χ1) is 4.68. The van der Waals surface area contributed by atoms with Crippen molar-refractivity contribution >= 4 is 6.09 Å². The minimum Gasteiger partial charge on any atom is -0.465 e. The van der Waals surface area contributed by atoms with E-state index < -0.39 is 6.09 Å². The molecule has 0 aromatic carbocycles. The van der Waals surface area contributed by atoms with Gasteiger partial charge in [-0.25, -0.2) is 4.79 Å². The van der Waals surface area contributed by atoms with Crippen LogP contribution >= 0.6 is 0 Å². The van der Waals surface area contributed by atoms with Gasteiger partial charge in [0.2, 0.25) is 0 Å². The first kappa shape index (κ1) is 7.34. The summed E-state index contributed by atoms with van der Waals surface area (Å²) >= 11 is 0. The van der Waals surface area contributed by atoms with Gasteiger partial charge in [0.1, 0.15) is 0 Å². The Morgan fingerprint density at radius 1 is 1.70 bits per heavy atom. The molecule has 0 aromatic heterocycles. The summed E-state index contributed by atoms with van der Waals surface area (Å²) in [6.07, 6.45) is 0.973.